The maximum atomic E-state index is 14.5. The normalized spacial score (nSPS) is 17.1. The number of hydrogen-bond donors (Lipinski definition) is 1. The highest BCUT2D eigenvalue weighted by Gasteiger charge is 2.54. The average molecular weight is 401 g/mol. The number of aliphatic hydroxyl groups excluding tert-OH is 1. The number of hydrogen-bond acceptors (Lipinski definition) is 3. The fraction of sp³-hybridized carbons (Fsp3) is 0.250. The molecule has 1 aliphatic heterocycles. The smallest absolute Gasteiger partial charge is 0.352 e. The Morgan fingerprint density at radius 2 is 2.12 bits per heavy atom. The summed E-state index contributed by atoms with van der Waals surface area (Å²) in [5, 5.41) is 9.73. The van der Waals surface area contributed by atoms with E-state index in [2.05, 4.69) is 20.9 Å². The Morgan fingerprint density at radius 1 is 1.42 bits per heavy atom. The minimum absolute atomic E-state index is 0.00148. The van der Waals surface area contributed by atoms with Crippen LogP contribution in [0.5, 0.6) is 0 Å². The molecule has 0 saturated carbocycles. The molecule has 1 amide bonds. The Bertz CT molecular complexity index is 827. The first kappa shape index (κ1) is 16.9. The van der Waals surface area contributed by atoms with E-state index in [4.69, 9.17) is 0 Å². The van der Waals surface area contributed by atoms with E-state index >= 15 is 0 Å². The first-order valence-corrected chi connectivity index (χ1v) is 7.84. The van der Waals surface area contributed by atoms with E-state index in [1.807, 2.05) is 0 Å². The molecule has 2 heterocycles. The number of anilines is 1. The quantitative estimate of drug-likeness (QED) is 0.854. The van der Waals surface area contributed by atoms with Gasteiger partial charge in [0.05, 0.1) is 40.3 Å². The first-order chi connectivity index (χ1) is 11.2. The van der Waals surface area contributed by atoms with Gasteiger partial charge in [0.2, 0.25) is 0 Å². The summed E-state index contributed by atoms with van der Waals surface area (Å²) < 4.78 is 42.3. The number of halogens is 4. The predicted octanol–water partition coefficient (Wildman–Crippen LogP) is 3.68. The van der Waals surface area contributed by atoms with E-state index in [0.717, 1.165) is 11.1 Å². The highest BCUT2D eigenvalue weighted by atomic mass is 79.9. The van der Waals surface area contributed by atoms with E-state index in [0.29, 0.717) is 0 Å². The minimum Gasteiger partial charge on any atom is -0.389 e. The molecule has 1 aliphatic rings. The van der Waals surface area contributed by atoms with Crippen LogP contribution in [0.2, 0.25) is 0 Å². The van der Waals surface area contributed by atoms with Gasteiger partial charge in [0.25, 0.3) is 0 Å². The van der Waals surface area contributed by atoms with Gasteiger partial charge in [0, 0.05) is 0 Å². The fourth-order valence-electron chi connectivity index (χ4n) is 2.72. The number of amides is 1. The molecule has 2 aromatic rings. The molecule has 24 heavy (non-hydrogen) atoms. The van der Waals surface area contributed by atoms with Crippen LogP contribution < -0.4 is 4.90 Å². The summed E-state index contributed by atoms with van der Waals surface area (Å²) in [6.07, 6.45) is -0.192. The van der Waals surface area contributed by atoms with Crippen molar-refractivity contribution in [1.29, 1.82) is 0 Å². The molecular weight excluding hydrogens is 389 g/mol. The van der Waals surface area contributed by atoms with Gasteiger partial charge in [0.15, 0.2) is 5.82 Å². The highest BCUT2D eigenvalue weighted by Crippen LogP contribution is 2.47. The largest absolute Gasteiger partial charge is 0.389 e. The molecule has 1 N–H and O–H groups in total. The molecular formula is C16H12BrF3N2O2. The van der Waals surface area contributed by atoms with Gasteiger partial charge < -0.3 is 10.0 Å². The second kappa shape index (κ2) is 5.86. The Balaban J connectivity index is 2.07. The van der Waals surface area contributed by atoms with Crippen LogP contribution in [0.4, 0.5) is 18.9 Å². The number of aromatic nitrogens is 1. The standard InChI is InChI=1S/C16H12BrF3N2O2/c1-8(23)10-3-2-4-13-14(10)16(19,20)15(24)22(13)7-9-5-11(17)12(18)6-21-9/h2-6,8,23H,7H2,1H3/t8-/m0/s1. The van der Waals surface area contributed by atoms with E-state index in [1.165, 1.54) is 31.2 Å². The maximum absolute atomic E-state index is 14.5. The SMILES string of the molecule is C[C@H](O)c1cccc2c1C(F)(F)C(=O)N2Cc1cc(Br)c(F)cn1. The van der Waals surface area contributed by atoms with Crippen molar-refractivity contribution in [3.63, 3.8) is 0 Å². The summed E-state index contributed by atoms with van der Waals surface area (Å²) >= 11 is 3.00. The van der Waals surface area contributed by atoms with Gasteiger partial charge in [0.1, 0.15) is 0 Å². The Hall–Kier alpha value is -1.93. The molecule has 126 valence electrons. The monoisotopic (exact) mass is 400 g/mol. The summed E-state index contributed by atoms with van der Waals surface area (Å²) in [5.41, 5.74) is -0.221. The van der Waals surface area contributed by atoms with Crippen molar-refractivity contribution in [1.82, 2.24) is 4.98 Å². The molecule has 1 aromatic carbocycles. The maximum Gasteiger partial charge on any atom is 0.352 e. The molecule has 0 spiro atoms. The van der Waals surface area contributed by atoms with Crippen molar-refractivity contribution in [2.45, 2.75) is 25.5 Å². The van der Waals surface area contributed by atoms with Crippen LogP contribution in [0, 0.1) is 5.82 Å². The number of nitrogens with zero attached hydrogens (tertiary/aromatic N) is 2. The Kier molecular flexibility index (Phi) is 4.13. The number of aliphatic hydroxyl groups is 1. The number of fused-ring (bicyclic) bond motifs is 1. The summed E-state index contributed by atoms with van der Waals surface area (Å²) in [4.78, 5) is 16.9. The lowest BCUT2D eigenvalue weighted by Crippen LogP contribution is -2.34. The van der Waals surface area contributed by atoms with Crippen LogP contribution in [-0.4, -0.2) is 16.0 Å². The molecule has 0 fully saturated rings. The fourth-order valence-corrected chi connectivity index (χ4v) is 3.08. The number of alkyl halides is 2. The first-order valence-electron chi connectivity index (χ1n) is 7.04. The lowest BCUT2D eigenvalue weighted by molar-refractivity contribution is -0.141. The van der Waals surface area contributed by atoms with Gasteiger partial charge in [-0.25, -0.2) is 4.39 Å². The second-order valence-electron chi connectivity index (χ2n) is 5.47. The van der Waals surface area contributed by atoms with Gasteiger partial charge in [-0.1, -0.05) is 12.1 Å². The molecule has 4 nitrogen and oxygen atoms in total. The van der Waals surface area contributed by atoms with E-state index in [1.54, 1.807) is 0 Å². The predicted molar refractivity (Wildman–Crippen MR) is 84.1 cm³/mol. The molecule has 0 unspecified atom stereocenters. The minimum atomic E-state index is -3.74. The Morgan fingerprint density at radius 3 is 2.75 bits per heavy atom. The van der Waals surface area contributed by atoms with Gasteiger partial charge >= 0.3 is 11.8 Å². The highest BCUT2D eigenvalue weighted by molar-refractivity contribution is 9.10. The molecule has 0 saturated heterocycles. The number of pyridine rings is 1. The average Bonchev–Trinajstić information content (AvgIpc) is 2.72. The number of benzene rings is 1. The zero-order valence-electron chi connectivity index (χ0n) is 12.4. The van der Waals surface area contributed by atoms with Gasteiger partial charge in [-0.3, -0.25) is 9.78 Å². The molecule has 1 aromatic heterocycles. The van der Waals surface area contributed by atoms with E-state index in [-0.39, 0.29) is 28.0 Å². The van der Waals surface area contributed by atoms with Crippen molar-refractivity contribution >= 4 is 27.5 Å². The molecule has 8 heteroatoms. The van der Waals surface area contributed by atoms with E-state index < -0.39 is 29.3 Å². The lowest BCUT2D eigenvalue weighted by atomic mass is 9.98. The van der Waals surface area contributed by atoms with Gasteiger partial charge in [-0.15, -0.1) is 0 Å². The van der Waals surface area contributed by atoms with Crippen LogP contribution >= 0.6 is 15.9 Å². The zero-order valence-corrected chi connectivity index (χ0v) is 14.0. The second-order valence-corrected chi connectivity index (χ2v) is 6.33. The molecule has 1 atom stereocenters. The number of carbonyl (C=O) groups excluding carboxylic acids is 1. The van der Waals surface area contributed by atoms with Crippen molar-refractivity contribution < 1.29 is 23.1 Å². The molecule has 3 rings (SSSR count). The summed E-state index contributed by atoms with van der Waals surface area (Å²) in [6.45, 7) is 1.13. The van der Waals surface area contributed by atoms with E-state index in [9.17, 15) is 23.1 Å². The number of carbonyl (C=O) groups is 1. The third-order valence-electron chi connectivity index (χ3n) is 3.83. The summed E-state index contributed by atoms with van der Waals surface area (Å²) in [7, 11) is 0. The molecule has 0 aliphatic carbocycles. The van der Waals surface area contributed by atoms with Crippen LogP contribution in [0.1, 0.15) is 29.8 Å². The summed E-state index contributed by atoms with van der Waals surface area (Å²) in [5.74, 6) is -5.72. The topological polar surface area (TPSA) is 53.4 Å². The van der Waals surface area contributed by atoms with Crippen molar-refractivity contribution in [2.75, 3.05) is 4.90 Å². The van der Waals surface area contributed by atoms with Crippen molar-refractivity contribution in [2.24, 2.45) is 0 Å². The van der Waals surface area contributed by atoms with Crippen LogP contribution in [-0.2, 0) is 17.3 Å². The van der Waals surface area contributed by atoms with Gasteiger partial charge in [-0.05, 0) is 40.5 Å². The third kappa shape index (κ3) is 2.59. The van der Waals surface area contributed by atoms with Crippen molar-refractivity contribution in [3.8, 4) is 0 Å². The lowest BCUT2D eigenvalue weighted by Gasteiger charge is -2.17. The van der Waals surface area contributed by atoms with Crippen molar-refractivity contribution in [3.05, 3.63) is 57.6 Å². The molecule has 0 radical (unpaired) electrons. The molecule has 0 bridgehead atoms. The Labute approximate surface area is 144 Å². The third-order valence-corrected chi connectivity index (χ3v) is 4.44. The number of rotatable bonds is 3. The van der Waals surface area contributed by atoms with Crippen LogP contribution in [0.3, 0.4) is 0 Å². The summed E-state index contributed by atoms with van der Waals surface area (Å²) in [6, 6.07) is 5.58. The van der Waals surface area contributed by atoms with Crippen LogP contribution in [0.15, 0.2) is 34.9 Å². The zero-order chi connectivity index (χ0) is 17.6. The van der Waals surface area contributed by atoms with Gasteiger partial charge in [-0.2, -0.15) is 8.78 Å². The van der Waals surface area contributed by atoms with Crippen LogP contribution in [0.25, 0.3) is 0 Å².